The van der Waals surface area contributed by atoms with Crippen LogP contribution < -0.4 is 0 Å². The van der Waals surface area contributed by atoms with Gasteiger partial charge in [0.25, 0.3) is 11.7 Å². The molecule has 0 aromatic heterocycles. The van der Waals surface area contributed by atoms with Crippen molar-refractivity contribution in [2.45, 2.75) is 12.5 Å². The molecule has 1 atom stereocenters. The lowest BCUT2D eigenvalue weighted by Crippen LogP contribution is -2.38. The van der Waals surface area contributed by atoms with Crippen LogP contribution in [0.1, 0.15) is 23.6 Å². The number of hydrogen-bond donors (Lipinski definition) is 1. The van der Waals surface area contributed by atoms with Crippen molar-refractivity contribution in [1.82, 2.24) is 9.80 Å². The first-order valence-corrected chi connectivity index (χ1v) is 10.5. The van der Waals surface area contributed by atoms with Gasteiger partial charge in [-0.25, -0.2) is 4.39 Å². The number of Topliss-reactive ketones (excluding diaryl/α,β-unsaturated/α-hetero) is 1. The minimum atomic E-state index is -0.720. The molecule has 0 bridgehead atoms. The van der Waals surface area contributed by atoms with Crippen molar-refractivity contribution in [2.75, 3.05) is 39.4 Å². The van der Waals surface area contributed by atoms with E-state index in [4.69, 9.17) is 4.74 Å². The summed E-state index contributed by atoms with van der Waals surface area (Å²) in [5.41, 5.74) is 1.08. The number of ether oxygens (including phenoxy) is 1. The second-order valence-corrected chi connectivity index (χ2v) is 7.72. The molecule has 162 valence electrons. The van der Waals surface area contributed by atoms with Crippen LogP contribution in [-0.4, -0.2) is 66.0 Å². The molecule has 2 aromatic carbocycles. The fourth-order valence-electron chi connectivity index (χ4n) is 4.15. The summed E-state index contributed by atoms with van der Waals surface area (Å²) >= 11 is 0. The number of benzene rings is 2. The highest BCUT2D eigenvalue weighted by molar-refractivity contribution is 6.46. The molecule has 2 aliphatic heterocycles. The largest absolute Gasteiger partial charge is 0.507 e. The molecule has 2 heterocycles. The van der Waals surface area contributed by atoms with Crippen LogP contribution in [0.2, 0.25) is 0 Å². The Kier molecular flexibility index (Phi) is 6.44. The number of ketones is 1. The van der Waals surface area contributed by atoms with Crippen LogP contribution in [-0.2, 0) is 14.3 Å². The molecule has 7 heteroatoms. The van der Waals surface area contributed by atoms with Crippen molar-refractivity contribution in [2.24, 2.45) is 0 Å². The fourth-order valence-corrected chi connectivity index (χ4v) is 4.15. The van der Waals surface area contributed by atoms with Crippen LogP contribution >= 0.6 is 0 Å². The molecule has 6 nitrogen and oxygen atoms in total. The van der Waals surface area contributed by atoms with E-state index in [2.05, 4.69) is 4.90 Å². The highest BCUT2D eigenvalue weighted by Gasteiger charge is 2.45. The van der Waals surface area contributed by atoms with E-state index in [1.54, 1.807) is 0 Å². The maximum Gasteiger partial charge on any atom is 0.295 e. The number of likely N-dealkylation sites (tertiary alicyclic amines) is 1. The first-order chi connectivity index (χ1) is 15.1. The maximum atomic E-state index is 13.3. The molecule has 1 N–H and O–H groups in total. The smallest absolute Gasteiger partial charge is 0.295 e. The zero-order valence-electron chi connectivity index (χ0n) is 17.2. The number of carbonyl (C=O) groups is 2. The molecular weight excluding hydrogens is 399 g/mol. The van der Waals surface area contributed by atoms with Gasteiger partial charge in [0.2, 0.25) is 0 Å². The quantitative estimate of drug-likeness (QED) is 0.439. The van der Waals surface area contributed by atoms with E-state index in [0.717, 1.165) is 25.2 Å². The van der Waals surface area contributed by atoms with Crippen LogP contribution in [0.15, 0.2) is 60.2 Å². The van der Waals surface area contributed by atoms with Crippen LogP contribution in [0.4, 0.5) is 4.39 Å². The molecule has 4 rings (SSSR count). The number of halogens is 1. The number of hydrogen-bond acceptors (Lipinski definition) is 5. The van der Waals surface area contributed by atoms with Crippen LogP contribution in [0.25, 0.3) is 5.76 Å². The predicted octanol–water partition coefficient (Wildman–Crippen LogP) is 2.97. The van der Waals surface area contributed by atoms with Crippen LogP contribution in [0.5, 0.6) is 0 Å². The van der Waals surface area contributed by atoms with E-state index < -0.39 is 23.5 Å². The molecule has 31 heavy (non-hydrogen) atoms. The van der Waals surface area contributed by atoms with Gasteiger partial charge in [0.05, 0.1) is 24.8 Å². The third-order valence-electron chi connectivity index (χ3n) is 5.75. The number of aliphatic hydroxyl groups is 1. The number of nitrogens with zero attached hydrogens (tertiary/aromatic N) is 2. The Morgan fingerprint density at radius 1 is 1.00 bits per heavy atom. The topological polar surface area (TPSA) is 70.1 Å². The van der Waals surface area contributed by atoms with Gasteiger partial charge in [-0.1, -0.05) is 30.3 Å². The molecule has 0 unspecified atom stereocenters. The third-order valence-corrected chi connectivity index (χ3v) is 5.75. The molecule has 2 aliphatic rings. The van der Waals surface area contributed by atoms with Gasteiger partial charge in [0.15, 0.2) is 0 Å². The molecule has 0 radical (unpaired) electrons. The Labute approximate surface area is 180 Å². The van der Waals surface area contributed by atoms with Gasteiger partial charge < -0.3 is 14.7 Å². The van der Waals surface area contributed by atoms with E-state index in [1.165, 1.54) is 29.2 Å². The fraction of sp³-hybridized carbons (Fsp3) is 0.333. The Balaban J connectivity index is 1.64. The highest BCUT2D eigenvalue weighted by Crippen LogP contribution is 2.39. The molecule has 2 aromatic rings. The molecular formula is C24H25FN2O4. The summed E-state index contributed by atoms with van der Waals surface area (Å²) in [7, 11) is 0. The minimum Gasteiger partial charge on any atom is -0.507 e. The molecule has 2 saturated heterocycles. The van der Waals surface area contributed by atoms with Crippen molar-refractivity contribution in [3.8, 4) is 0 Å². The molecule has 0 saturated carbocycles. The third kappa shape index (κ3) is 4.52. The lowest BCUT2D eigenvalue weighted by molar-refractivity contribution is -0.140. The molecule has 0 spiro atoms. The van der Waals surface area contributed by atoms with Gasteiger partial charge in [0.1, 0.15) is 11.6 Å². The number of carbonyl (C=O) groups excluding carboxylic acids is 2. The average Bonchev–Trinajstić information content (AvgIpc) is 3.05. The van der Waals surface area contributed by atoms with Gasteiger partial charge in [0, 0.05) is 31.7 Å². The Bertz CT molecular complexity index is 969. The molecule has 0 aliphatic carbocycles. The molecule has 2 fully saturated rings. The Morgan fingerprint density at radius 3 is 2.35 bits per heavy atom. The summed E-state index contributed by atoms with van der Waals surface area (Å²) in [6.45, 7) is 4.29. The SMILES string of the molecule is O=C1C(=O)N(CCCN2CCOCC2)[C@@H](c2ccccc2)C1=C(O)c1ccc(F)cc1. The van der Waals surface area contributed by atoms with Crippen LogP contribution in [0.3, 0.4) is 0 Å². The summed E-state index contributed by atoms with van der Waals surface area (Å²) in [5.74, 6) is -2.08. The first-order valence-electron chi connectivity index (χ1n) is 10.5. The van der Waals surface area contributed by atoms with Crippen molar-refractivity contribution in [1.29, 1.82) is 0 Å². The van der Waals surface area contributed by atoms with E-state index in [1.807, 2.05) is 30.3 Å². The summed E-state index contributed by atoms with van der Waals surface area (Å²) in [5, 5.41) is 10.9. The van der Waals surface area contributed by atoms with Gasteiger partial charge in [-0.2, -0.15) is 0 Å². The minimum absolute atomic E-state index is 0.0363. The second kappa shape index (κ2) is 9.41. The van der Waals surface area contributed by atoms with Gasteiger partial charge in [-0.05, 0) is 36.2 Å². The summed E-state index contributed by atoms with van der Waals surface area (Å²) < 4.78 is 18.7. The summed E-state index contributed by atoms with van der Waals surface area (Å²) in [6.07, 6.45) is 0.701. The summed E-state index contributed by atoms with van der Waals surface area (Å²) in [4.78, 5) is 29.7. The van der Waals surface area contributed by atoms with E-state index in [9.17, 15) is 19.1 Å². The zero-order valence-corrected chi connectivity index (χ0v) is 17.2. The number of aliphatic hydroxyl groups excluding tert-OH is 1. The molecule has 1 amide bonds. The van der Waals surface area contributed by atoms with E-state index in [0.29, 0.717) is 31.7 Å². The first kappa shape index (κ1) is 21.2. The average molecular weight is 424 g/mol. The van der Waals surface area contributed by atoms with Crippen molar-refractivity contribution in [3.05, 3.63) is 77.1 Å². The van der Waals surface area contributed by atoms with E-state index in [-0.39, 0.29) is 11.3 Å². The van der Waals surface area contributed by atoms with Gasteiger partial charge >= 0.3 is 0 Å². The lowest BCUT2D eigenvalue weighted by Gasteiger charge is -2.29. The maximum absolute atomic E-state index is 13.3. The monoisotopic (exact) mass is 424 g/mol. The second-order valence-electron chi connectivity index (χ2n) is 7.72. The number of amides is 1. The Morgan fingerprint density at radius 2 is 1.68 bits per heavy atom. The Hall–Kier alpha value is -3.03. The standard InChI is InChI=1S/C24H25FN2O4/c25-19-9-7-18(8-10-19)22(28)20-21(17-5-2-1-3-6-17)27(24(30)23(20)29)12-4-11-26-13-15-31-16-14-26/h1-3,5-10,21,28H,4,11-16H2/t21-/m0/s1. The van der Waals surface area contributed by atoms with Crippen molar-refractivity contribution >= 4 is 17.4 Å². The summed E-state index contributed by atoms with van der Waals surface area (Å²) in [6, 6.07) is 13.7. The zero-order chi connectivity index (χ0) is 21.8. The van der Waals surface area contributed by atoms with Gasteiger partial charge in [-0.3, -0.25) is 14.5 Å². The van der Waals surface area contributed by atoms with Crippen molar-refractivity contribution in [3.63, 3.8) is 0 Å². The number of morpholine rings is 1. The van der Waals surface area contributed by atoms with Crippen LogP contribution in [0, 0.1) is 5.82 Å². The number of rotatable bonds is 6. The lowest BCUT2D eigenvalue weighted by atomic mass is 9.95. The normalized spacial score (nSPS) is 21.6. The van der Waals surface area contributed by atoms with Crippen molar-refractivity contribution < 1.29 is 23.8 Å². The highest BCUT2D eigenvalue weighted by atomic mass is 19.1. The van der Waals surface area contributed by atoms with Gasteiger partial charge in [-0.15, -0.1) is 0 Å². The predicted molar refractivity (Wildman–Crippen MR) is 114 cm³/mol. The van der Waals surface area contributed by atoms with E-state index >= 15 is 0 Å².